The van der Waals surface area contributed by atoms with E-state index in [0.717, 1.165) is 0 Å². The standard InChI is InChI=1S/C12H9N7O2/c13-5-9-10(7-2-1-3-8(4-7)19(20)21)18-12(15-6-16-18)17-11(9)14/h1-4,6,10H,14H2,(H,15,16,17)/t10-/m0/s1. The molecule has 0 unspecified atom stereocenters. The number of nitro groups is 1. The van der Waals surface area contributed by atoms with Crippen molar-refractivity contribution in [3.05, 3.63) is 57.7 Å². The molecule has 0 fully saturated rings. The Morgan fingerprint density at radius 1 is 1.52 bits per heavy atom. The van der Waals surface area contributed by atoms with Crippen LogP contribution < -0.4 is 11.1 Å². The summed E-state index contributed by atoms with van der Waals surface area (Å²) in [6.45, 7) is 0. The number of hydrogen-bond donors (Lipinski definition) is 2. The molecule has 9 nitrogen and oxygen atoms in total. The third-order valence-electron chi connectivity index (χ3n) is 3.14. The molecule has 3 N–H and O–H groups in total. The van der Waals surface area contributed by atoms with Gasteiger partial charge in [-0.05, 0) is 5.56 Å². The van der Waals surface area contributed by atoms with E-state index in [9.17, 15) is 15.4 Å². The lowest BCUT2D eigenvalue weighted by atomic mass is 9.98. The summed E-state index contributed by atoms with van der Waals surface area (Å²) in [7, 11) is 0. The molecule has 1 aliphatic heterocycles. The summed E-state index contributed by atoms with van der Waals surface area (Å²) in [4.78, 5) is 14.4. The zero-order chi connectivity index (χ0) is 15.0. The Hall–Kier alpha value is -3.41. The molecule has 0 saturated heterocycles. The summed E-state index contributed by atoms with van der Waals surface area (Å²) < 4.78 is 1.47. The lowest BCUT2D eigenvalue weighted by molar-refractivity contribution is -0.384. The van der Waals surface area contributed by atoms with Crippen molar-refractivity contribution < 1.29 is 4.92 Å². The van der Waals surface area contributed by atoms with Gasteiger partial charge in [0, 0.05) is 12.1 Å². The minimum absolute atomic E-state index is 0.0661. The Balaban J connectivity index is 2.19. The first-order valence-electron chi connectivity index (χ1n) is 5.92. The Labute approximate surface area is 118 Å². The molecule has 1 atom stereocenters. The highest BCUT2D eigenvalue weighted by atomic mass is 16.6. The predicted octanol–water partition coefficient (Wildman–Crippen LogP) is 0.895. The van der Waals surface area contributed by atoms with Crippen LogP contribution in [-0.4, -0.2) is 19.7 Å². The molecular weight excluding hydrogens is 274 g/mol. The quantitative estimate of drug-likeness (QED) is 0.617. The molecule has 1 aromatic carbocycles. The molecular formula is C12H9N7O2. The summed E-state index contributed by atoms with van der Waals surface area (Å²) in [5.41, 5.74) is 6.52. The first-order chi connectivity index (χ1) is 10.1. The lowest BCUT2D eigenvalue weighted by Crippen LogP contribution is -2.28. The smallest absolute Gasteiger partial charge is 0.269 e. The van der Waals surface area contributed by atoms with E-state index >= 15 is 0 Å². The summed E-state index contributed by atoms with van der Waals surface area (Å²) in [5.74, 6) is 0.539. The normalized spacial score (nSPS) is 16.8. The molecule has 2 heterocycles. The van der Waals surface area contributed by atoms with Crippen LogP contribution in [0.2, 0.25) is 0 Å². The fourth-order valence-corrected chi connectivity index (χ4v) is 2.22. The van der Waals surface area contributed by atoms with Gasteiger partial charge in [-0.2, -0.15) is 15.3 Å². The van der Waals surface area contributed by atoms with Gasteiger partial charge in [0.2, 0.25) is 5.95 Å². The van der Waals surface area contributed by atoms with Gasteiger partial charge in [0.25, 0.3) is 5.69 Å². The zero-order valence-electron chi connectivity index (χ0n) is 10.6. The highest BCUT2D eigenvalue weighted by Crippen LogP contribution is 2.33. The van der Waals surface area contributed by atoms with Crippen LogP contribution in [0.1, 0.15) is 11.6 Å². The number of nitro benzene ring substituents is 1. The van der Waals surface area contributed by atoms with Crippen molar-refractivity contribution >= 4 is 11.6 Å². The van der Waals surface area contributed by atoms with Crippen molar-refractivity contribution in [2.75, 3.05) is 5.32 Å². The fourth-order valence-electron chi connectivity index (χ4n) is 2.22. The number of anilines is 1. The van der Waals surface area contributed by atoms with Crippen molar-refractivity contribution in [1.82, 2.24) is 14.8 Å². The molecule has 0 spiro atoms. The molecule has 0 radical (unpaired) electrons. The van der Waals surface area contributed by atoms with Gasteiger partial charge < -0.3 is 11.1 Å². The van der Waals surface area contributed by atoms with Gasteiger partial charge in [-0.15, -0.1) is 0 Å². The molecule has 1 aliphatic rings. The maximum Gasteiger partial charge on any atom is 0.269 e. The topological polar surface area (TPSA) is 136 Å². The first-order valence-corrected chi connectivity index (χ1v) is 5.92. The zero-order valence-corrected chi connectivity index (χ0v) is 10.6. The molecule has 0 aliphatic carbocycles. The highest BCUT2D eigenvalue weighted by molar-refractivity contribution is 5.52. The number of rotatable bonds is 2. The third-order valence-corrected chi connectivity index (χ3v) is 3.14. The maximum atomic E-state index is 10.9. The van der Waals surface area contributed by atoms with Crippen LogP contribution in [-0.2, 0) is 0 Å². The fraction of sp³-hybridized carbons (Fsp3) is 0.0833. The predicted molar refractivity (Wildman–Crippen MR) is 71.7 cm³/mol. The van der Waals surface area contributed by atoms with E-state index in [0.29, 0.717) is 11.5 Å². The highest BCUT2D eigenvalue weighted by Gasteiger charge is 2.30. The van der Waals surface area contributed by atoms with Gasteiger partial charge in [0.05, 0.1) is 10.5 Å². The largest absolute Gasteiger partial charge is 0.384 e. The summed E-state index contributed by atoms with van der Waals surface area (Å²) in [5, 5.41) is 27.0. The number of benzene rings is 1. The third kappa shape index (κ3) is 1.95. The second-order valence-corrected chi connectivity index (χ2v) is 4.35. The molecule has 1 aromatic heterocycles. The molecule has 0 saturated carbocycles. The number of non-ortho nitro benzene ring substituents is 1. The van der Waals surface area contributed by atoms with Gasteiger partial charge in [-0.1, -0.05) is 12.1 Å². The molecule has 9 heteroatoms. The lowest BCUT2D eigenvalue weighted by Gasteiger charge is -2.25. The van der Waals surface area contributed by atoms with Gasteiger partial charge in [-0.25, -0.2) is 4.68 Å². The van der Waals surface area contributed by atoms with Crippen LogP contribution >= 0.6 is 0 Å². The number of nitrogens with one attached hydrogen (secondary N) is 1. The minimum Gasteiger partial charge on any atom is -0.384 e. The van der Waals surface area contributed by atoms with E-state index in [1.54, 1.807) is 12.1 Å². The molecule has 104 valence electrons. The second-order valence-electron chi connectivity index (χ2n) is 4.35. The van der Waals surface area contributed by atoms with Crippen LogP contribution in [0, 0.1) is 21.4 Å². The number of allylic oxidation sites excluding steroid dienone is 1. The Bertz CT molecular complexity index is 802. The first kappa shape index (κ1) is 12.6. The van der Waals surface area contributed by atoms with E-state index < -0.39 is 11.0 Å². The van der Waals surface area contributed by atoms with Gasteiger partial charge >= 0.3 is 0 Å². The van der Waals surface area contributed by atoms with Crippen LogP contribution in [0.25, 0.3) is 0 Å². The van der Waals surface area contributed by atoms with Crippen LogP contribution in [0.5, 0.6) is 0 Å². The number of hydrogen-bond acceptors (Lipinski definition) is 7. The van der Waals surface area contributed by atoms with Gasteiger partial charge in [0.1, 0.15) is 24.3 Å². The average molecular weight is 283 g/mol. The van der Waals surface area contributed by atoms with E-state index in [4.69, 9.17) is 5.73 Å². The van der Waals surface area contributed by atoms with Crippen molar-refractivity contribution in [3.63, 3.8) is 0 Å². The average Bonchev–Trinajstić information content (AvgIpc) is 2.93. The van der Waals surface area contributed by atoms with Crippen molar-refractivity contribution in [3.8, 4) is 6.07 Å². The van der Waals surface area contributed by atoms with E-state index in [1.165, 1.54) is 23.1 Å². The van der Waals surface area contributed by atoms with Crippen molar-refractivity contribution in [2.45, 2.75) is 6.04 Å². The van der Waals surface area contributed by atoms with Gasteiger partial charge in [0.15, 0.2) is 0 Å². The van der Waals surface area contributed by atoms with Crippen molar-refractivity contribution in [1.29, 1.82) is 5.26 Å². The summed E-state index contributed by atoms with van der Waals surface area (Å²) in [6.07, 6.45) is 1.32. The molecule has 21 heavy (non-hydrogen) atoms. The monoisotopic (exact) mass is 283 g/mol. The molecule has 0 amide bonds. The van der Waals surface area contributed by atoms with Crippen LogP contribution in [0.15, 0.2) is 42.0 Å². The molecule has 2 aromatic rings. The Morgan fingerprint density at radius 3 is 3.05 bits per heavy atom. The number of nitrogens with zero attached hydrogens (tertiary/aromatic N) is 5. The minimum atomic E-state index is -0.645. The van der Waals surface area contributed by atoms with E-state index in [-0.39, 0.29) is 17.1 Å². The molecule has 0 bridgehead atoms. The van der Waals surface area contributed by atoms with Crippen molar-refractivity contribution in [2.24, 2.45) is 5.73 Å². The Kier molecular flexibility index (Phi) is 2.77. The van der Waals surface area contributed by atoms with E-state index in [1.807, 2.05) is 6.07 Å². The SMILES string of the molecule is N#CC1=C(N)Nc2ncnn2[C@H]1c1cccc([N+](=O)[O-])c1. The summed E-state index contributed by atoms with van der Waals surface area (Å²) >= 11 is 0. The summed E-state index contributed by atoms with van der Waals surface area (Å²) in [6, 6.07) is 7.38. The van der Waals surface area contributed by atoms with Gasteiger partial charge in [-0.3, -0.25) is 10.1 Å². The number of nitrogens with two attached hydrogens (primary N) is 1. The second kappa shape index (κ2) is 4.61. The Morgan fingerprint density at radius 2 is 2.33 bits per heavy atom. The number of nitriles is 1. The number of fused-ring (bicyclic) bond motifs is 1. The number of aromatic nitrogens is 3. The molecule has 3 rings (SSSR count). The van der Waals surface area contributed by atoms with Crippen LogP contribution in [0.3, 0.4) is 0 Å². The van der Waals surface area contributed by atoms with E-state index in [2.05, 4.69) is 15.4 Å². The van der Waals surface area contributed by atoms with Crippen LogP contribution in [0.4, 0.5) is 11.6 Å². The maximum absolute atomic E-state index is 10.9.